The Labute approximate surface area is 301 Å². The summed E-state index contributed by atoms with van der Waals surface area (Å²) in [6.07, 6.45) is 0. The molecule has 11 aromatic carbocycles. The molecular weight excluding hydrogens is 625 g/mol. The van der Waals surface area contributed by atoms with Gasteiger partial charge < -0.3 is 0 Å². The van der Waals surface area contributed by atoms with Gasteiger partial charge in [-0.05, 0) is 145 Å². The second-order valence-electron chi connectivity index (χ2n) is 14.1. The molecule has 0 saturated heterocycles. The molecule has 0 nitrogen and oxygen atoms in total. The van der Waals surface area contributed by atoms with Crippen LogP contribution < -0.4 is 0 Å². The zero-order valence-corrected chi connectivity index (χ0v) is 28.5. The highest BCUT2D eigenvalue weighted by Gasteiger charge is 2.13. The topological polar surface area (TPSA) is 0 Å². The van der Waals surface area contributed by atoms with Gasteiger partial charge in [0.1, 0.15) is 0 Å². The van der Waals surface area contributed by atoms with E-state index in [0.717, 1.165) is 0 Å². The molecule has 0 heteroatoms. The van der Waals surface area contributed by atoms with Gasteiger partial charge in [0, 0.05) is 0 Å². The highest BCUT2D eigenvalue weighted by molar-refractivity contribution is 6.21. The van der Waals surface area contributed by atoms with Gasteiger partial charge in [-0.15, -0.1) is 0 Å². The molecule has 0 aliphatic carbocycles. The molecule has 0 radical (unpaired) electrons. The Hall–Kier alpha value is -6.76. The minimum Gasteiger partial charge on any atom is -0.0616 e. The molecule has 0 bridgehead atoms. The minimum absolute atomic E-state index is 1.23. The first-order valence-corrected chi connectivity index (χ1v) is 18.1. The quantitative estimate of drug-likeness (QED) is 0.166. The molecule has 0 heterocycles. The van der Waals surface area contributed by atoms with E-state index in [1.807, 2.05) is 0 Å². The van der Waals surface area contributed by atoms with Crippen LogP contribution in [0.3, 0.4) is 0 Å². The van der Waals surface area contributed by atoms with Crippen molar-refractivity contribution in [1.29, 1.82) is 0 Å². The summed E-state index contributed by atoms with van der Waals surface area (Å²) in [5.41, 5.74) is 7.49. The summed E-state index contributed by atoms with van der Waals surface area (Å²) in [5, 5.41) is 17.9. The number of hydrogen-bond acceptors (Lipinski definition) is 0. The standard InChI is InChI=1S/C52H32/c1-3-11-43-34(9-1)25-26-49-46-14-6-8-16-48(46)51(32-52(43)49)41-23-18-33-17-19-38(29-42(33)30-41)35-20-21-37-28-40(24-22-36(37)27-35)50-31-39-10-2-4-12-44(39)45-13-5-7-15-47(45)50/h1-32H. The van der Waals surface area contributed by atoms with Crippen molar-refractivity contribution in [3.63, 3.8) is 0 Å². The molecule has 0 aliphatic heterocycles. The van der Waals surface area contributed by atoms with Crippen molar-refractivity contribution in [1.82, 2.24) is 0 Å². The van der Waals surface area contributed by atoms with E-state index in [0.29, 0.717) is 0 Å². The lowest BCUT2D eigenvalue weighted by Crippen LogP contribution is -1.87. The summed E-state index contributed by atoms with van der Waals surface area (Å²) < 4.78 is 0. The molecule has 0 aromatic heterocycles. The monoisotopic (exact) mass is 656 g/mol. The number of fused-ring (bicyclic) bond motifs is 10. The molecule has 0 unspecified atom stereocenters. The fraction of sp³-hybridized carbons (Fsp3) is 0. The first-order valence-electron chi connectivity index (χ1n) is 18.1. The molecule has 52 heavy (non-hydrogen) atoms. The summed E-state index contributed by atoms with van der Waals surface area (Å²) >= 11 is 0. The number of rotatable bonds is 3. The summed E-state index contributed by atoms with van der Waals surface area (Å²) in [6, 6.07) is 72.0. The molecule has 0 N–H and O–H groups in total. The lowest BCUT2D eigenvalue weighted by Gasteiger charge is -2.14. The van der Waals surface area contributed by atoms with Crippen LogP contribution in [0, 0.1) is 0 Å². The van der Waals surface area contributed by atoms with E-state index in [4.69, 9.17) is 0 Å². The molecular formula is C52H32. The van der Waals surface area contributed by atoms with E-state index >= 15 is 0 Å². The van der Waals surface area contributed by atoms with E-state index in [1.165, 1.54) is 109 Å². The molecule has 0 atom stereocenters. The van der Waals surface area contributed by atoms with E-state index in [9.17, 15) is 0 Å². The predicted molar refractivity (Wildman–Crippen MR) is 225 cm³/mol. The van der Waals surface area contributed by atoms with Crippen LogP contribution in [-0.4, -0.2) is 0 Å². The van der Waals surface area contributed by atoms with Gasteiger partial charge >= 0.3 is 0 Å². The van der Waals surface area contributed by atoms with Crippen molar-refractivity contribution in [2.24, 2.45) is 0 Å². The van der Waals surface area contributed by atoms with E-state index in [1.54, 1.807) is 0 Å². The predicted octanol–water partition coefficient (Wildman–Crippen LogP) is 14.8. The smallest absolute Gasteiger partial charge is 0.00928 e. The Morgan fingerprint density at radius 2 is 0.577 bits per heavy atom. The Kier molecular flexibility index (Phi) is 6.35. The molecule has 240 valence electrons. The molecule has 0 amide bonds. The molecule has 11 rings (SSSR count). The third-order valence-electron chi connectivity index (χ3n) is 11.2. The van der Waals surface area contributed by atoms with Gasteiger partial charge in [0.05, 0.1) is 0 Å². The number of hydrogen-bond donors (Lipinski definition) is 0. The van der Waals surface area contributed by atoms with Gasteiger partial charge in [-0.2, -0.15) is 0 Å². The van der Waals surface area contributed by atoms with Gasteiger partial charge in [-0.1, -0.05) is 158 Å². The van der Waals surface area contributed by atoms with Crippen molar-refractivity contribution in [2.45, 2.75) is 0 Å². The maximum absolute atomic E-state index is 2.41. The van der Waals surface area contributed by atoms with Crippen LogP contribution >= 0.6 is 0 Å². The summed E-state index contributed by atoms with van der Waals surface area (Å²) in [5.74, 6) is 0. The molecule has 0 saturated carbocycles. The molecule has 0 aliphatic rings. The fourth-order valence-corrected chi connectivity index (χ4v) is 8.58. The largest absolute Gasteiger partial charge is 0.0616 e. The highest BCUT2D eigenvalue weighted by atomic mass is 14.2. The lowest BCUT2D eigenvalue weighted by molar-refractivity contribution is 1.66. The maximum atomic E-state index is 2.41. The maximum Gasteiger partial charge on any atom is -0.00928 e. The zero-order chi connectivity index (χ0) is 34.2. The normalized spacial score (nSPS) is 11.8. The Balaban J connectivity index is 1.01. The van der Waals surface area contributed by atoms with Crippen LogP contribution in [0.25, 0.3) is 109 Å². The first kappa shape index (κ1) is 29.0. The van der Waals surface area contributed by atoms with Gasteiger partial charge in [0.25, 0.3) is 0 Å². The average Bonchev–Trinajstić information content (AvgIpc) is 3.22. The van der Waals surface area contributed by atoms with Crippen molar-refractivity contribution >= 4 is 75.4 Å². The van der Waals surface area contributed by atoms with Gasteiger partial charge in [0.15, 0.2) is 0 Å². The molecule has 11 aromatic rings. The van der Waals surface area contributed by atoms with E-state index in [2.05, 4.69) is 194 Å². The minimum atomic E-state index is 1.23. The van der Waals surface area contributed by atoms with Crippen molar-refractivity contribution in [3.05, 3.63) is 194 Å². The van der Waals surface area contributed by atoms with Crippen LogP contribution in [0.15, 0.2) is 194 Å². The number of benzene rings is 11. The van der Waals surface area contributed by atoms with Gasteiger partial charge in [-0.3, -0.25) is 0 Å². The fourth-order valence-electron chi connectivity index (χ4n) is 8.58. The van der Waals surface area contributed by atoms with Crippen LogP contribution in [-0.2, 0) is 0 Å². The summed E-state index contributed by atoms with van der Waals surface area (Å²) in [7, 11) is 0. The summed E-state index contributed by atoms with van der Waals surface area (Å²) in [4.78, 5) is 0. The van der Waals surface area contributed by atoms with Crippen LogP contribution in [0.5, 0.6) is 0 Å². The second-order valence-corrected chi connectivity index (χ2v) is 14.1. The zero-order valence-electron chi connectivity index (χ0n) is 28.5. The Bertz CT molecular complexity index is 3240. The molecule has 0 spiro atoms. The third-order valence-corrected chi connectivity index (χ3v) is 11.2. The van der Waals surface area contributed by atoms with Crippen LogP contribution in [0.1, 0.15) is 0 Å². The molecule has 0 fully saturated rings. The third kappa shape index (κ3) is 4.55. The van der Waals surface area contributed by atoms with Crippen LogP contribution in [0.4, 0.5) is 0 Å². The summed E-state index contributed by atoms with van der Waals surface area (Å²) in [6.45, 7) is 0. The van der Waals surface area contributed by atoms with Crippen LogP contribution in [0.2, 0.25) is 0 Å². The van der Waals surface area contributed by atoms with Crippen molar-refractivity contribution in [2.75, 3.05) is 0 Å². The Morgan fingerprint density at radius 1 is 0.173 bits per heavy atom. The van der Waals surface area contributed by atoms with Gasteiger partial charge in [0.2, 0.25) is 0 Å². The Morgan fingerprint density at radius 3 is 1.25 bits per heavy atom. The first-order chi connectivity index (χ1) is 25.7. The van der Waals surface area contributed by atoms with E-state index < -0.39 is 0 Å². The second kappa shape index (κ2) is 11.4. The highest BCUT2D eigenvalue weighted by Crippen LogP contribution is 2.40. The lowest BCUT2D eigenvalue weighted by atomic mass is 9.90. The van der Waals surface area contributed by atoms with Crippen molar-refractivity contribution < 1.29 is 0 Å². The van der Waals surface area contributed by atoms with Gasteiger partial charge in [-0.25, -0.2) is 0 Å². The van der Waals surface area contributed by atoms with E-state index in [-0.39, 0.29) is 0 Å². The van der Waals surface area contributed by atoms with Crippen molar-refractivity contribution in [3.8, 4) is 33.4 Å². The SMILES string of the molecule is c1ccc2c(c1)cc(-c1ccc3cc(-c4ccc5ccc(-c6cc7c8ccccc8ccc7c7ccccc67)cc5c4)ccc3c1)c1ccccc12. The average molecular weight is 657 g/mol.